The van der Waals surface area contributed by atoms with Gasteiger partial charge in [-0.2, -0.15) is 5.10 Å². The van der Waals surface area contributed by atoms with Gasteiger partial charge in [0.2, 0.25) is 5.91 Å². The lowest BCUT2D eigenvalue weighted by atomic mass is 10.1. The van der Waals surface area contributed by atoms with Crippen molar-refractivity contribution in [2.75, 3.05) is 44.9 Å². The van der Waals surface area contributed by atoms with Gasteiger partial charge in [-0.25, -0.2) is 0 Å². The van der Waals surface area contributed by atoms with E-state index in [9.17, 15) is 4.79 Å². The van der Waals surface area contributed by atoms with E-state index in [2.05, 4.69) is 15.3 Å². The number of rotatable bonds is 6. The highest BCUT2D eigenvalue weighted by molar-refractivity contribution is 5.78. The Morgan fingerprint density at radius 2 is 2.00 bits per heavy atom. The molecule has 0 aliphatic carbocycles. The number of benzene rings is 1. The molecule has 1 fully saturated rings. The van der Waals surface area contributed by atoms with Crippen LogP contribution in [0.4, 0.5) is 5.82 Å². The van der Waals surface area contributed by atoms with Crippen molar-refractivity contribution in [1.82, 2.24) is 15.1 Å². The van der Waals surface area contributed by atoms with Crippen molar-refractivity contribution in [3.63, 3.8) is 0 Å². The summed E-state index contributed by atoms with van der Waals surface area (Å²) in [5.41, 5.74) is 2.05. The van der Waals surface area contributed by atoms with Crippen molar-refractivity contribution in [3.05, 3.63) is 30.5 Å². The van der Waals surface area contributed by atoms with Gasteiger partial charge < -0.3 is 19.7 Å². The number of carbonyl (C=O) groups is 1. The summed E-state index contributed by atoms with van der Waals surface area (Å²) in [6, 6.07) is 7.88. The van der Waals surface area contributed by atoms with Gasteiger partial charge >= 0.3 is 0 Å². The molecule has 0 spiro atoms. The van der Waals surface area contributed by atoms with Gasteiger partial charge in [0.25, 0.3) is 0 Å². The van der Waals surface area contributed by atoms with E-state index in [0.29, 0.717) is 19.8 Å². The van der Waals surface area contributed by atoms with Crippen molar-refractivity contribution in [2.45, 2.75) is 13.5 Å². The summed E-state index contributed by atoms with van der Waals surface area (Å²) in [7, 11) is 1.65. The molecule has 134 valence electrons. The SMILES string of the molecule is CCNC(=O)Cn1cc(-c2ccc(OC)cc2)c(N2CCOCC2)n1. The van der Waals surface area contributed by atoms with Gasteiger partial charge in [-0.3, -0.25) is 9.48 Å². The Labute approximate surface area is 147 Å². The van der Waals surface area contributed by atoms with Crippen LogP contribution in [0.5, 0.6) is 5.75 Å². The van der Waals surface area contributed by atoms with Gasteiger partial charge in [-0.1, -0.05) is 12.1 Å². The zero-order valence-corrected chi connectivity index (χ0v) is 14.7. The minimum Gasteiger partial charge on any atom is -0.497 e. The van der Waals surface area contributed by atoms with E-state index in [-0.39, 0.29) is 12.5 Å². The van der Waals surface area contributed by atoms with Crippen LogP contribution in [0, 0.1) is 0 Å². The maximum Gasteiger partial charge on any atom is 0.241 e. The van der Waals surface area contributed by atoms with E-state index in [1.54, 1.807) is 11.8 Å². The van der Waals surface area contributed by atoms with Crippen molar-refractivity contribution >= 4 is 11.7 Å². The number of methoxy groups -OCH3 is 1. The molecule has 1 aliphatic rings. The molecular weight excluding hydrogens is 320 g/mol. The van der Waals surface area contributed by atoms with Crippen LogP contribution in [0.15, 0.2) is 30.5 Å². The largest absolute Gasteiger partial charge is 0.497 e. The third kappa shape index (κ3) is 4.11. The number of hydrogen-bond acceptors (Lipinski definition) is 5. The number of amides is 1. The Kier molecular flexibility index (Phi) is 5.55. The van der Waals surface area contributed by atoms with Crippen molar-refractivity contribution < 1.29 is 14.3 Å². The topological polar surface area (TPSA) is 68.6 Å². The van der Waals surface area contributed by atoms with Gasteiger partial charge in [0.1, 0.15) is 12.3 Å². The van der Waals surface area contributed by atoms with Crippen LogP contribution in [0.25, 0.3) is 11.1 Å². The maximum absolute atomic E-state index is 11.9. The molecule has 0 bridgehead atoms. The highest BCUT2D eigenvalue weighted by atomic mass is 16.5. The van der Waals surface area contributed by atoms with Crippen molar-refractivity contribution in [1.29, 1.82) is 0 Å². The third-order valence-electron chi connectivity index (χ3n) is 4.13. The molecular formula is C18H24N4O3. The Balaban J connectivity index is 1.92. The van der Waals surface area contributed by atoms with E-state index >= 15 is 0 Å². The zero-order chi connectivity index (χ0) is 17.6. The molecule has 25 heavy (non-hydrogen) atoms. The smallest absolute Gasteiger partial charge is 0.241 e. The molecule has 7 heteroatoms. The summed E-state index contributed by atoms with van der Waals surface area (Å²) < 4.78 is 12.4. The summed E-state index contributed by atoms with van der Waals surface area (Å²) in [5.74, 6) is 1.66. The second-order valence-corrected chi connectivity index (χ2v) is 5.85. The van der Waals surface area contributed by atoms with E-state index < -0.39 is 0 Å². The Morgan fingerprint density at radius 1 is 1.28 bits per heavy atom. The number of nitrogens with one attached hydrogen (secondary N) is 1. The first kappa shape index (κ1) is 17.3. The number of ether oxygens (including phenoxy) is 2. The molecule has 1 N–H and O–H groups in total. The molecule has 0 saturated carbocycles. The first-order chi connectivity index (χ1) is 12.2. The molecule has 3 rings (SSSR count). The van der Waals surface area contributed by atoms with E-state index in [1.165, 1.54) is 0 Å². The lowest BCUT2D eigenvalue weighted by Gasteiger charge is -2.27. The van der Waals surface area contributed by atoms with E-state index in [4.69, 9.17) is 9.47 Å². The second kappa shape index (κ2) is 8.02. The van der Waals surface area contributed by atoms with Gasteiger partial charge in [-0.05, 0) is 24.6 Å². The lowest BCUT2D eigenvalue weighted by Crippen LogP contribution is -2.37. The van der Waals surface area contributed by atoms with Gasteiger partial charge in [0.05, 0.1) is 20.3 Å². The molecule has 1 aromatic heterocycles. The number of hydrogen-bond donors (Lipinski definition) is 1. The van der Waals surface area contributed by atoms with Crippen LogP contribution in [0.2, 0.25) is 0 Å². The summed E-state index contributed by atoms with van der Waals surface area (Å²) in [6.07, 6.45) is 1.93. The molecule has 1 amide bonds. The number of morpholine rings is 1. The predicted octanol–water partition coefficient (Wildman–Crippen LogP) is 1.53. The van der Waals surface area contributed by atoms with Crippen molar-refractivity contribution in [2.24, 2.45) is 0 Å². The van der Waals surface area contributed by atoms with Gasteiger partial charge in [0, 0.05) is 31.4 Å². The molecule has 1 saturated heterocycles. The standard InChI is InChI=1S/C18H24N4O3/c1-3-19-17(23)13-22-12-16(14-4-6-15(24-2)7-5-14)18(20-22)21-8-10-25-11-9-21/h4-7,12H,3,8-11,13H2,1-2H3,(H,19,23). The fraction of sp³-hybridized carbons (Fsp3) is 0.444. The van der Waals surface area contributed by atoms with E-state index in [0.717, 1.165) is 35.8 Å². The molecule has 2 aromatic rings. The number of nitrogens with zero attached hydrogens (tertiary/aromatic N) is 3. The fourth-order valence-electron chi connectivity index (χ4n) is 2.88. The summed E-state index contributed by atoms with van der Waals surface area (Å²) in [6.45, 7) is 5.69. The highest BCUT2D eigenvalue weighted by Gasteiger charge is 2.20. The monoisotopic (exact) mass is 344 g/mol. The van der Waals surface area contributed by atoms with E-state index in [1.807, 2.05) is 37.4 Å². The van der Waals surface area contributed by atoms with Crippen LogP contribution in [0.3, 0.4) is 0 Å². The summed E-state index contributed by atoms with van der Waals surface area (Å²) in [5, 5.41) is 7.48. The fourth-order valence-corrected chi connectivity index (χ4v) is 2.88. The Morgan fingerprint density at radius 3 is 2.64 bits per heavy atom. The van der Waals surface area contributed by atoms with Crippen LogP contribution < -0.4 is 15.0 Å². The Hall–Kier alpha value is -2.54. The third-order valence-corrected chi connectivity index (χ3v) is 4.13. The van der Waals surface area contributed by atoms with Crippen LogP contribution in [0.1, 0.15) is 6.92 Å². The Bertz CT molecular complexity index is 706. The average Bonchev–Trinajstić information content (AvgIpc) is 3.06. The molecule has 7 nitrogen and oxygen atoms in total. The first-order valence-electron chi connectivity index (χ1n) is 8.52. The summed E-state index contributed by atoms with van der Waals surface area (Å²) in [4.78, 5) is 14.1. The quantitative estimate of drug-likeness (QED) is 0.861. The van der Waals surface area contributed by atoms with Gasteiger partial charge in [-0.15, -0.1) is 0 Å². The van der Waals surface area contributed by atoms with Crippen LogP contribution in [-0.2, 0) is 16.1 Å². The maximum atomic E-state index is 11.9. The predicted molar refractivity (Wildman–Crippen MR) is 95.9 cm³/mol. The van der Waals surface area contributed by atoms with Crippen molar-refractivity contribution in [3.8, 4) is 16.9 Å². The normalized spacial score (nSPS) is 14.4. The average molecular weight is 344 g/mol. The van der Waals surface area contributed by atoms with Gasteiger partial charge in [0.15, 0.2) is 5.82 Å². The molecule has 0 atom stereocenters. The van der Waals surface area contributed by atoms with Crippen LogP contribution >= 0.6 is 0 Å². The molecule has 0 unspecified atom stereocenters. The molecule has 1 aromatic carbocycles. The number of likely N-dealkylation sites (N-methyl/N-ethyl adjacent to an activating group) is 1. The number of aromatic nitrogens is 2. The zero-order valence-electron chi connectivity index (χ0n) is 14.7. The molecule has 2 heterocycles. The minimum absolute atomic E-state index is 0.0418. The molecule has 0 radical (unpaired) electrons. The number of carbonyl (C=O) groups excluding carboxylic acids is 1. The minimum atomic E-state index is -0.0418. The summed E-state index contributed by atoms with van der Waals surface area (Å²) >= 11 is 0. The lowest BCUT2D eigenvalue weighted by molar-refractivity contribution is -0.121. The number of anilines is 1. The highest BCUT2D eigenvalue weighted by Crippen LogP contribution is 2.31. The second-order valence-electron chi connectivity index (χ2n) is 5.85. The van der Waals surface area contributed by atoms with Crippen LogP contribution in [-0.4, -0.2) is 55.6 Å². The molecule has 1 aliphatic heterocycles. The first-order valence-corrected chi connectivity index (χ1v) is 8.52.